The van der Waals surface area contributed by atoms with Crippen molar-refractivity contribution in [3.05, 3.63) is 62.1 Å². The highest BCUT2D eigenvalue weighted by Gasteiger charge is 2.26. The van der Waals surface area contributed by atoms with Crippen molar-refractivity contribution in [2.75, 3.05) is 11.4 Å². The molecule has 1 aliphatic heterocycles. The van der Waals surface area contributed by atoms with Gasteiger partial charge in [0.15, 0.2) is 0 Å². The van der Waals surface area contributed by atoms with E-state index < -0.39 is 4.92 Å². The van der Waals surface area contributed by atoms with E-state index in [2.05, 4.69) is 20.9 Å². The average Bonchev–Trinajstić information content (AvgIpc) is 2.46. The normalized spacial score (nSPS) is 13.9. The zero-order valence-corrected chi connectivity index (χ0v) is 12.5. The first-order valence-corrected chi connectivity index (χ1v) is 7.15. The number of fused-ring (bicyclic) bond motifs is 1. The lowest BCUT2D eigenvalue weighted by molar-refractivity contribution is -0.384. The molecule has 5 nitrogen and oxygen atoms in total. The second-order valence-corrected chi connectivity index (χ2v) is 5.69. The fourth-order valence-electron chi connectivity index (χ4n) is 2.58. The first-order chi connectivity index (χ1) is 10.1. The number of halogens is 2. The van der Waals surface area contributed by atoms with Crippen molar-refractivity contribution >= 4 is 27.3 Å². The third-order valence-corrected chi connectivity index (χ3v) is 4.13. The quantitative estimate of drug-likeness (QED) is 0.614. The Morgan fingerprint density at radius 2 is 2.14 bits per heavy atom. The number of pyridine rings is 1. The van der Waals surface area contributed by atoms with E-state index in [-0.39, 0.29) is 11.5 Å². The van der Waals surface area contributed by atoms with Crippen LogP contribution in [0, 0.1) is 15.9 Å². The van der Waals surface area contributed by atoms with Crippen molar-refractivity contribution in [1.82, 2.24) is 4.98 Å². The van der Waals surface area contributed by atoms with Crippen molar-refractivity contribution in [2.24, 2.45) is 0 Å². The highest BCUT2D eigenvalue weighted by atomic mass is 79.9. The first kappa shape index (κ1) is 13.9. The predicted octanol–water partition coefficient (Wildman–Crippen LogP) is 3.45. The third-order valence-electron chi connectivity index (χ3n) is 3.55. The lowest BCUT2D eigenvalue weighted by Gasteiger charge is -2.30. The molecule has 0 radical (unpaired) electrons. The minimum Gasteiger partial charge on any atom is -0.360 e. The maximum Gasteiger partial charge on any atom is 0.311 e. The Bertz CT molecular complexity index is 723. The molecule has 1 aliphatic rings. The van der Waals surface area contributed by atoms with E-state index in [9.17, 15) is 14.5 Å². The molecule has 0 saturated heterocycles. The number of anilines is 1. The molecule has 2 aromatic rings. The molecule has 0 atom stereocenters. The summed E-state index contributed by atoms with van der Waals surface area (Å²) < 4.78 is 13.8. The standard InChI is InChI=1S/C14H11BrFN3O2/c15-12-6-17-7-13(19(20)21)14(12)18-4-3-9-5-11(16)2-1-10(9)8-18/h1-2,5-7H,3-4,8H2. The van der Waals surface area contributed by atoms with Crippen LogP contribution in [0.1, 0.15) is 11.1 Å². The fraction of sp³-hybridized carbons (Fsp3) is 0.214. The molecule has 3 rings (SSSR count). The van der Waals surface area contributed by atoms with E-state index in [0.717, 1.165) is 11.1 Å². The fourth-order valence-corrected chi connectivity index (χ4v) is 3.15. The molecule has 0 saturated carbocycles. The molecule has 21 heavy (non-hydrogen) atoms. The summed E-state index contributed by atoms with van der Waals surface area (Å²) in [4.78, 5) is 16.5. The molecule has 0 bridgehead atoms. The number of benzene rings is 1. The van der Waals surface area contributed by atoms with Crippen molar-refractivity contribution in [3.8, 4) is 0 Å². The van der Waals surface area contributed by atoms with E-state index in [1.54, 1.807) is 12.3 Å². The maximum absolute atomic E-state index is 13.2. The van der Waals surface area contributed by atoms with Gasteiger partial charge in [-0.3, -0.25) is 15.1 Å². The van der Waals surface area contributed by atoms with Crippen LogP contribution in [0.4, 0.5) is 15.8 Å². The summed E-state index contributed by atoms with van der Waals surface area (Å²) in [5.74, 6) is -0.252. The van der Waals surface area contributed by atoms with E-state index in [4.69, 9.17) is 0 Å². The Kier molecular flexibility index (Phi) is 3.59. The molecule has 0 unspecified atom stereocenters. The predicted molar refractivity (Wildman–Crippen MR) is 79.7 cm³/mol. The SMILES string of the molecule is O=[N+]([O-])c1cncc(Br)c1N1CCc2cc(F)ccc2C1. The van der Waals surface area contributed by atoms with Gasteiger partial charge in [-0.25, -0.2) is 4.39 Å². The van der Waals surface area contributed by atoms with Gasteiger partial charge in [0.2, 0.25) is 0 Å². The van der Waals surface area contributed by atoms with Crippen LogP contribution in [0.5, 0.6) is 0 Å². The topological polar surface area (TPSA) is 59.3 Å². The van der Waals surface area contributed by atoms with Gasteiger partial charge >= 0.3 is 5.69 Å². The van der Waals surface area contributed by atoms with Crippen LogP contribution < -0.4 is 4.90 Å². The minimum atomic E-state index is -0.437. The van der Waals surface area contributed by atoms with Gasteiger partial charge in [-0.1, -0.05) is 6.07 Å². The summed E-state index contributed by atoms with van der Waals surface area (Å²) in [5.41, 5.74) is 2.43. The van der Waals surface area contributed by atoms with Crippen LogP contribution in [0.25, 0.3) is 0 Å². The molecule has 108 valence electrons. The smallest absolute Gasteiger partial charge is 0.311 e. The van der Waals surface area contributed by atoms with Crippen molar-refractivity contribution < 1.29 is 9.31 Å². The van der Waals surface area contributed by atoms with Crippen LogP contribution in [-0.4, -0.2) is 16.5 Å². The van der Waals surface area contributed by atoms with Crippen molar-refractivity contribution in [2.45, 2.75) is 13.0 Å². The maximum atomic E-state index is 13.2. The van der Waals surface area contributed by atoms with E-state index in [0.29, 0.717) is 29.7 Å². The number of nitro groups is 1. The summed E-state index contributed by atoms with van der Waals surface area (Å²) in [7, 11) is 0. The van der Waals surface area contributed by atoms with Crippen LogP contribution in [-0.2, 0) is 13.0 Å². The lowest BCUT2D eigenvalue weighted by Crippen LogP contribution is -2.31. The molecular formula is C14H11BrFN3O2. The van der Waals surface area contributed by atoms with Gasteiger partial charge in [-0.15, -0.1) is 0 Å². The van der Waals surface area contributed by atoms with E-state index >= 15 is 0 Å². The van der Waals surface area contributed by atoms with Gasteiger partial charge in [0.1, 0.15) is 17.7 Å². The molecule has 1 aromatic heterocycles. The molecule has 1 aromatic carbocycles. The highest BCUT2D eigenvalue weighted by molar-refractivity contribution is 9.10. The zero-order valence-electron chi connectivity index (χ0n) is 10.9. The second-order valence-electron chi connectivity index (χ2n) is 4.83. The summed E-state index contributed by atoms with van der Waals surface area (Å²) in [6, 6.07) is 4.68. The number of hydrogen-bond acceptors (Lipinski definition) is 4. The van der Waals surface area contributed by atoms with Gasteiger partial charge in [0, 0.05) is 19.3 Å². The molecule has 2 heterocycles. The van der Waals surface area contributed by atoms with Gasteiger partial charge in [-0.2, -0.15) is 0 Å². The number of hydrogen-bond donors (Lipinski definition) is 0. The van der Waals surface area contributed by atoms with Crippen LogP contribution in [0.15, 0.2) is 35.1 Å². The van der Waals surface area contributed by atoms with Gasteiger partial charge < -0.3 is 4.90 Å². The van der Waals surface area contributed by atoms with Crippen molar-refractivity contribution in [3.63, 3.8) is 0 Å². The van der Waals surface area contributed by atoms with Crippen LogP contribution >= 0.6 is 15.9 Å². The Labute approximate surface area is 128 Å². The number of nitrogens with zero attached hydrogens (tertiary/aromatic N) is 3. The van der Waals surface area contributed by atoms with E-state index in [1.165, 1.54) is 18.3 Å². The molecule has 0 aliphatic carbocycles. The Morgan fingerprint density at radius 1 is 1.33 bits per heavy atom. The highest BCUT2D eigenvalue weighted by Crippen LogP contribution is 2.37. The van der Waals surface area contributed by atoms with Gasteiger partial charge in [-0.05, 0) is 45.6 Å². The van der Waals surface area contributed by atoms with Gasteiger partial charge in [0.05, 0.1) is 9.40 Å². The molecule has 0 spiro atoms. The Morgan fingerprint density at radius 3 is 2.90 bits per heavy atom. The summed E-state index contributed by atoms with van der Waals surface area (Å²) in [6.07, 6.45) is 3.45. The number of aromatic nitrogens is 1. The molecule has 0 fully saturated rings. The molecule has 0 amide bonds. The first-order valence-electron chi connectivity index (χ1n) is 6.36. The Hall–Kier alpha value is -2.02. The average molecular weight is 352 g/mol. The van der Waals surface area contributed by atoms with Crippen molar-refractivity contribution in [1.29, 1.82) is 0 Å². The second kappa shape index (κ2) is 5.40. The van der Waals surface area contributed by atoms with E-state index in [1.807, 2.05) is 4.90 Å². The van der Waals surface area contributed by atoms with Crippen LogP contribution in [0.3, 0.4) is 0 Å². The third kappa shape index (κ3) is 2.61. The molecular weight excluding hydrogens is 341 g/mol. The lowest BCUT2D eigenvalue weighted by atomic mass is 9.99. The summed E-state index contributed by atoms with van der Waals surface area (Å²) >= 11 is 3.33. The molecule has 0 N–H and O–H groups in total. The monoisotopic (exact) mass is 351 g/mol. The zero-order chi connectivity index (χ0) is 15.0. The van der Waals surface area contributed by atoms with Crippen LogP contribution in [0.2, 0.25) is 0 Å². The largest absolute Gasteiger partial charge is 0.360 e. The minimum absolute atomic E-state index is 0.0325. The summed E-state index contributed by atoms with van der Waals surface area (Å²) in [5, 5.41) is 11.2. The molecule has 7 heteroatoms. The van der Waals surface area contributed by atoms with Gasteiger partial charge in [0.25, 0.3) is 0 Å². The number of rotatable bonds is 2. The summed E-state index contributed by atoms with van der Waals surface area (Å²) in [6.45, 7) is 1.11. The Balaban J connectivity index is 2.00.